The fourth-order valence-corrected chi connectivity index (χ4v) is 12.3. The van der Waals surface area contributed by atoms with Crippen LogP contribution in [0.25, 0.3) is 66.2 Å². The molecule has 12 heterocycles. The van der Waals surface area contributed by atoms with Gasteiger partial charge in [0.1, 0.15) is 18.5 Å². The van der Waals surface area contributed by atoms with Crippen molar-refractivity contribution in [1.82, 2.24) is 29.9 Å². The second kappa shape index (κ2) is 19.8. The molecule has 82 heavy (non-hydrogen) atoms. The van der Waals surface area contributed by atoms with E-state index in [1.165, 1.54) is 11.8 Å². The zero-order valence-electron chi connectivity index (χ0n) is 55.9. The van der Waals surface area contributed by atoms with Crippen molar-refractivity contribution in [2.45, 2.75) is 120 Å². The number of benzene rings is 3. The summed E-state index contributed by atoms with van der Waals surface area (Å²) in [5, 5.41) is 5.79. The Labute approximate surface area is 488 Å². The second-order valence-electron chi connectivity index (χ2n) is 21.7. The molecule has 414 valence electrons. The van der Waals surface area contributed by atoms with E-state index in [4.69, 9.17) is 29.2 Å². The number of aryl methyl sites for hydroxylation is 6. The van der Waals surface area contributed by atoms with Crippen LogP contribution in [0.5, 0.6) is 0 Å². The summed E-state index contributed by atoms with van der Waals surface area (Å²) in [7, 11) is 0. The molecule has 4 atom stereocenters. The molecule has 12 aromatic rings. The zero-order chi connectivity index (χ0) is 64.0. The fourth-order valence-electron chi connectivity index (χ4n) is 12.3. The van der Waals surface area contributed by atoms with Crippen molar-refractivity contribution in [2.75, 3.05) is 36.4 Å². The summed E-state index contributed by atoms with van der Waals surface area (Å²) in [6.45, 7) is 18.2. The Kier molecular flexibility index (Phi) is 10.5. The number of hydrogen-bond donors (Lipinski definition) is 0. The minimum Gasteiger partial charge on any atom is -0.435 e. The lowest BCUT2D eigenvalue weighted by Gasteiger charge is -2.33. The molecule has 3 aliphatic rings. The van der Waals surface area contributed by atoms with Crippen LogP contribution in [-0.4, -0.2) is 67.4 Å². The summed E-state index contributed by atoms with van der Waals surface area (Å²) in [6.07, 6.45) is 4.14. The van der Waals surface area contributed by atoms with Crippen LogP contribution in [0.1, 0.15) is 93.1 Å². The lowest BCUT2D eigenvalue weighted by atomic mass is 10.1. The Morgan fingerprint density at radius 1 is 0.427 bits per heavy atom. The Hall–Kier alpha value is -9.24. The first-order valence-electron chi connectivity index (χ1n) is 31.6. The van der Waals surface area contributed by atoms with Gasteiger partial charge < -0.3 is 42.7 Å². The van der Waals surface area contributed by atoms with Crippen LogP contribution in [0.2, 0.25) is 0 Å². The highest BCUT2D eigenvalue weighted by Gasteiger charge is 2.41. The summed E-state index contributed by atoms with van der Waals surface area (Å²) in [5.41, 5.74) is 14.4. The predicted octanol–water partition coefficient (Wildman–Crippen LogP) is 16.3. The van der Waals surface area contributed by atoms with E-state index in [1.54, 1.807) is 41.7 Å². The maximum atomic E-state index is 8.79. The van der Waals surface area contributed by atoms with Crippen LogP contribution >= 0.6 is 0 Å². The third-order valence-electron chi connectivity index (χ3n) is 16.0. The molecule has 15 rings (SSSR count). The molecule has 0 bridgehead atoms. The van der Waals surface area contributed by atoms with E-state index < -0.39 is 38.2 Å². The summed E-state index contributed by atoms with van der Waals surface area (Å²) >= 11 is 0. The Morgan fingerprint density at radius 3 is 1.13 bits per heavy atom. The van der Waals surface area contributed by atoms with Crippen molar-refractivity contribution < 1.29 is 24.2 Å². The first-order chi connectivity index (χ1) is 42.6. The van der Waals surface area contributed by atoms with Gasteiger partial charge in [0.2, 0.25) is 17.1 Å². The molecule has 0 saturated carbocycles. The topological polar surface area (TPSA) is 136 Å². The first kappa shape index (κ1) is 43.5. The first-order valence-corrected chi connectivity index (χ1v) is 27.6. The van der Waals surface area contributed by atoms with Crippen molar-refractivity contribution in [3.05, 3.63) is 162 Å². The standard InChI is InChI=1S/2C23H24N4O.C21H20N4O/c2*1-13(2)26-16(5)27(22-19(26)7-6-12-24-22)20-14(3)8-10-17-18-11-9-15(4)25-23(18)28-21(17)20;1-12-7-9-15-16-10-8-13(2)23-21(16)26-19(15)18(12)25-14(3)24(4)17-6-5-11-22-20(17)25/h2*6-13,16H,1-5H3;5-11,14H,1-4H3/i1D3,13D;13D;4D3. The maximum absolute atomic E-state index is 8.79. The fraction of sp³-hybridized carbons (Fsp3) is 0.284. The molecule has 3 aromatic carbocycles. The molecule has 0 N–H and O–H groups in total. The van der Waals surface area contributed by atoms with Gasteiger partial charge in [-0.25, -0.2) is 29.9 Å². The van der Waals surface area contributed by atoms with Crippen molar-refractivity contribution in [1.29, 1.82) is 0 Å². The minimum absolute atomic E-state index is 0.0837. The SMILES string of the molecule is [2H]C(C)(C)N1c2cccnc2N(c2c(C)ccc3c2oc2nc(C)ccc23)C1C.[2H]C([2H])([2H])C([2H])(C)N1c2cccnc2N(c2c(C)ccc3c2oc2nc(C)ccc23)C1C.[2H]C([2H])([2H])N1c2cccnc2N(c2c(C)ccc3c2oc2nc(C)ccc23)C1C. The molecular formula is C67H68N12O3. The minimum atomic E-state index is -2.52. The molecule has 0 fully saturated rings. The third kappa shape index (κ3) is 8.13. The number of anilines is 9. The highest BCUT2D eigenvalue weighted by molar-refractivity contribution is 6.12. The van der Waals surface area contributed by atoms with Gasteiger partial charge in [-0.1, -0.05) is 36.4 Å². The largest absolute Gasteiger partial charge is 0.435 e. The van der Waals surface area contributed by atoms with Crippen LogP contribution in [-0.2, 0) is 0 Å². The molecule has 0 aliphatic carbocycles. The zero-order valence-corrected chi connectivity index (χ0v) is 47.9. The van der Waals surface area contributed by atoms with E-state index in [1.807, 2.05) is 145 Å². The normalized spacial score (nSPS) is 19.2. The number of pyridine rings is 6. The lowest BCUT2D eigenvalue weighted by Crippen LogP contribution is -2.42. The van der Waals surface area contributed by atoms with Gasteiger partial charge >= 0.3 is 0 Å². The highest BCUT2D eigenvalue weighted by Crippen LogP contribution is 2.51. The van der Waals surface area contributed by atoms with E-state index in [9.17, 15) is 0 Å². The van der Waals surface area contributed by atoms with Crippen molar-refractivity contribution in [3.8, 4) is 0 Å². The molecule has 0 saturated heterocycles. The van der Waals surface area contributed by atoms with E-state index >= 15 is 0 Å². The van der Waals surface area contributed by atoms with Gasteiger partial charge in [-0.05, 0) is 179 Å². The smallest absolute Gasteiger partial charge is 0.227 e. The van der Waals surface area contributed by atoms with Crippen molar-refractivity contribution in [2.24, 2.45) is 0 Å². The summed E-state index contributed by atoms with van der Waals surface area (Å²) < 4.78 is 84.4. The Bertz CT molecular complexity index is 4640. The van der Waals surface area contributed by atoms with E-state index in [0.717, 1.165) is 100 Å². The van der Waals surface area contributed by atoms with E-state index in [2.05, 4.69) is 66.8 Å². The Balaban J connectivity index is 0.000000124. The van der Waals surface area contributed by atoms with Gasteiger partial charge in [0.25, 0.3) is 0 Å². The summed E-state index contributed by atoms with van der Waals surface area (Å²) in [5.74, 6) is 2.06. The molecule has 15 nitrogen and oxygen atoms in total. The average Bonchev–Trinajstić information content (AvgIpc) is 1.58. The monoisotopic (exact) mass is 1100 g/mol. The highest BCUT2D eigenvalue weighted by atomic mass is 16.3. The number of hydrogen-bond acceptors (Lipinski definition) is 15. The molecule has 0 spiro atoms. The van der Waals surface area contributed by atoms with Crippen LogP contribution in [0, 0.1) is 41.5 Å². The van der Waals surface area contributed by atoms with Crippen LogP contribution in [0.15, 0.2) is 141 Å². The van der Waals surface area contributed by atoms with Gasteiger partial charge in [0.15, 0.2) is 34.2 Å². The third-order valence-corrected chi connectivity index (χ3v) is 16.0. The van der Waals surface area contributed by atoms with Gasteiger partial charge in [0, 0.05) is 95.2 Å². The quantitative estimate of drug-likeness (QED) is 0.162. The molecule has 4 unspecified atom stereocenters. The maximum Gasteiger partial charge on any atom is 0.227 e. The van der Waals surface area contributed by atoms with Gasteiger partial charge in [-0.2, -0.15) is 0 Å². The van der Waals surface area contributed by atoms with E-state index in [0.29, 0.717) is 51.3 Å². The molecule has 15 heteroatoms. The van der Waals surface area contributed by atoms with Crippen molar-refractivity contribution in [3.63, 3.8) is 0 Å². The molecular weight excluding hydrogens is 1020 g/mol. The number of fused-ring (bicyclic) bond motifs is 12. The van der Waals surface area contributed by atoms with Gasteiger partial charge in [-0.15, -0.1) is 0 Å². The molecule has 0 radical (unpaired) electrons. The average molecular weight is 1100 g/mol. The molecule has 9 aromatic heterocycles. The second-order valence-corrected chi connectivity index (χ2v) is 21.7. The van der Waals surface area contributed by atoms with Crippen LogP contribution < -0.4 is 29.4 Å². The molecule has 3 aliphatic heterocycles. The van der Waals surface area contributed by atoms with Gasteiger partial charge in [-0.3, -0.25) is 0 Å². The van der Waals surface area contributed by atoms with Crippen molar-refractivity contribution >= 4 is 118 Å². The predicted molar refractivity (Wildman–Crippen MR) is 334 cm³/mol. The number of aromatic nitrogens is 6. The van der Waals surface area contributed by atoms with Gasteiger partial charge in [0.05, 0.1) is 36.9 Å². The van der Waals surface area contributed by atoms with E-state index in [-0.39, 0.29) is 6.17 Å². The molecule has 0 amide bonds. The van der Waals surface area contributed by atoms with Crippen LogP contribution in [0.3, 0.4) is 0 Å². The summed E-state index contributed by atoms with van der Waals surface area (Å²) in [4.78, 5) is 38.7. The lowest BCUT2D eigenvalue weighted by molar-refractivity contribution is 0.601. The number of furan rings is 3. The number of nitrogens with zero attached hydrogens (tertiary/aromatic N) is 12. The summed E-state index contributed by atoms with van der Waals surface area (Å²) in [6, 6.07) is 32.8. The number of rotatable bonds is 5. The van der Waals surface area contributed by atoms with Crippen LogP contribution in [0.4, 0.5) is 51.6 Å². The Morgan fingerprint density at radius 2 is 0.768 bits per heavy atom.